The summed E-state index contributed by atoms with van der Waals surface area (Å²) in [4.78, 5) is 19.0. The van der Waals surface area contributed by atoms with Gasteiger partial charge in [-0.1, -0.05) is 44.2 Å². The van der Waals surface area contributed by atoms with Gasteiger partial charge in [0.2, 0.25) is 0 Å². The van der Waals surface area contributed by atoms with E-state index < -0.39 is 6.10 Å². The predicted molar refractivity (Wildman–Crippen MR) is 103 cm³/mol. The Bertz CT molecular complexity index is 733. The second kappa shape index (κ2) is 8.32. The molecular weight excluding hydrogens is 326 g/mol. The van der Waals surface area contributed by atoms with Crippen LogP contribution in [0.25, 0.3) is 0 Å². The fraction of sp³-hybridized carbons (Fsp3) is 0.429. The number of carbonyl (C=O) groups is 1. The Morgan fingerprint density at radius 2 is 2.04 bits per heavy atom. The van der Waals surface area contributed by atoms with E-state index in [2.05, 4.69) is 24.1 Å². The fourth-order valence-corrected chi connectivity index (χ4v) is 3.53. The van der Waals surface area contributed by atoms with Gasteiger partial charge in [-0.2, -0.15) is 0 Å². The number of aliphatic hydroxyl groups is 1. The summed E-state index contributed by atoms with van der Waals surface area (Å²) in [7, 11) is 0. The summed E-state index contributed by atoms with van der Waals surface area (Å²) in [5, 5.41) is 13.8. The van der Waals surface area contributed by atoms with E-state index >= 15 is 0 Å². The van der Waals surface area contributed by atoms with Crippen molar-refractivity contribution in [2.45, 2.75) is 45.3 Å². The minimum Gasteiger partial charge on any atom is -0.386 e. The Balaban J connectivity index is 1.73. The van der Waals surface area contributed by atoms with Gasteiger partial charge in [0.25, 0.3) is 0 Å². The van der Waals surface area contributed by atoms with E-state index in [1.807, 2.05) is 42.5 Å². The Labute approximate surface area is 155 Å². The molecule has 0 saturated carbocycles. The summed E-state index contributed by atoms with van der Waals surface area (Å²) in [5.74, 6) is 0.458. The summed E-state index contributed by atoms with van der Waals surface area (Å²) in [6.07, 6.45) is 3.59. The smallest absolute Gasteiger partial charge is 0.322 e. The number of aromatic nitrogens is 1. The number of carbonyl (C=O) groups excluding carboxylic acids is 1. The normalized spacial score (nSPS) is 18.2. The highest BCUT2D eigenvalue weighted by Gasteiger charge is 2.34. The molecule has 1 aliphatic heterocycles. The van der Waals surface area contributed by atoms with Gasteiger partial charge in [-0.15, -0.1) is 0 Å². The molecule has 2 unspecified atom stereocenters. The van der Waals surface area contributed by atoms with Gasteiger partial charge < -0.3 is 15.3 Å². The molecule has 0 bridgehead atoms. The molecule has 0 radical (unpaired) electrons. The fourth-order valence-electron chi connectivity index (χ4n) is 3.53. The molecule has 0 spiro atoms. The first kappa shape index (κ1) is 18.4. The van der Waals surface area contributed by atoms with E-state index in [9.17, 15) is 9.90 Å². The van der Waals surface area contributed by atoms with Gasteiger partial charge in [0, 0.05) is 12.7 Å². The third-order valence-corrected chi connectivity index (χ3v) is 4.80. The van der Waals surface area contributed by atoms with Crippen molar-refractivity contribution in [1.82, 2.24) is 9.88 Å². The SMILES string of the molecule is CC(C)Cc1ncccc1NC(=O)N1CCCC1C(O)c1ccccc1. The molecule has 1 fully saturated rings. The first-order valence-electron chi connectivity index (χ1n) is 9.30. The van der Waals surface area contributed by atoms with Crippen molar-refractivity contribution in [3.63, 3.8) is 0 Å². The van der Waals surface area contributed by atoms with E-state index in [1.54, 1.807) is 11.1 Å². The van der Waals surface area contributed by atoms with Gasteiger partial charge in [0.1, 0.15) is 0 Å². The Morgan fingerprint density at radius 3 is 2.77 bits per heavy atom. The standard InChI is InChI=1S/C21H27N3O2/c1-15(2)14-18-17(10-6-12-22-18)23-21(26)24-13-7-11-19(24)20(25)16-8-4-3-5-9-16/h3-6,8-10,12,15,19-20,25H,7,11,13-14H2,1-2H3,(H,23,26). The third kappa shape index (κ3) is 4.22. The molecule has 2 amide bonds. The monoisotopic (exact) mass is 353 g/mol. The van der Waals surface area contributed by atoms with Crippen LogP contribution in [0.4, 0.5) is 10.5 Å². The molecule has 5 heteroatoms. The van der Waals surface area contributed by atoms with Crippen LogP contribution in [0.1, 0.15) is 44.1 Å². The van der Waals surface area contributed by atoms with E-state index in [1.165, 1.54) is 0 Å². The summed E-state index contributed by atoms with van der Waals surface area (Å²) in [5.41, 5.74) is 2.50. The summed E-state index contributed by atoms with van der Waals surface area (Å²) >= 11 is 0. The molecule has 2 atom stereocenters. The number of pyridine rings is 1. The zero-order chi connectivity index (χ0) is 18.5. The average molecular weight is 353 g/mol. The number of likely N-dealkylation sites (tertiary alicyclic amines) is 1. The number of aliphatic hydroxyl groups excluding tert-OH is 1. The van der Waals surface area contributed by atoms with Crippen LogP contribution in [0.5, 0.6) is 0 Å². The maximum absolute atomic E-state index is 12.9. The second-order valence-electron chi connectivity index (χ2n) is 7.28. The lowest BCUT2D eigenvalue weighted by atomic mass is 10.0. The molecule has 138 valence electrons. The Kier molecular flexibility index (Phi) is 5.89. The van der Waals surface area contributed by atoms with Gasteiger partial charge in [0.05, 0.1) is 23.5 Å². The number of hydrogen-bond acceptors (Lipinski definition) is 3. The van der Waals surface area contributed by atoms with Gasteiger partial charge in [-0.05, 0) is 42.9 Å². The van der Waals surface area contributed by atoms with Gasteiger partial charge in [-0.3, -0.25) is 4.98 Å². The summed E-state index contributed by atoms with van der Waals surface area (Å²) < 4.78 is 0. The van der Waals surface area contributed by atoms with Crippen LogP contribution in [0, 0.1) is 5.92 Å². The first-order valence-corrected chi connectivity index (χ1v) is 9.30. The van der Waals surface area contributed by atoms with E-state index in [0.717, 1.165) is 36.2 Å². The quantitative estimate of drug-likeness (QED) is 0.853. The number of rotatable bonds is 5. The molecule has 2 aromatic rings. The lowest BCUT2D eigenvalue weighted by Gasteiger charge is -2.29. The van der Waals surface area contributed by atoms with Crippen LogP contribution in [0.15, 0.2) is 48.7 Å². The highest BCUT2D eigenvalue weighted by Crippen LogP contribution is 2.30. The van der Waals surface area contributed by atoms with Crippen molar-refractivity contribution in [1.29, 1.82) is 0 Å². The molecule has 1 aromatic carbocycles. The van der Waals surface area contributed by atoms with Crippen LogP contribution in [-0.2, 0) is 6.42 Å². The minimum absolute atomic E-state index is 0.166. The highest BCUT2D eigenvalue weighted by atomic mass is 16.3. The number of hydrogen-bond donors (Lipinski definition) is 2. The third-order valence-electron chi connectivity index (χ3n) is 4.80. The van der Waals surface area contributed by atoms with Crippen molar-refractivity contribution in [3.05, 3.63) is 59.9 Å². The predicted octanol–water partition coefficient (Wildman–Crippen LogP) is 4.01. The number of anilines is 1. The summed E-state index contributed by atoms with van der Waals surface area (Å²) in [6, 6.07) is 12.9. The van der Waals surface area contributed by atoms with Gasteiger partial charge in [-0.25, -0.2) is 4.79 Å². The number of benzene rings is 1. The topological polar surface area (TPSA) is 65.5 Å². The number of nitrogens with zero attached hydrogens (tertiary/aromatic N) is 2. The zero-order valence-corrected chi connectivity index (χ0v) is 15.4. The minimum atomic E-state index is -0.673. The molecule has 2 heterocycles. The lowest BCUT2D eigenvalue weighted by molar-refractivity contribution is 0.0892. The van der Waals surface area contributed by atoms with Crippen LogP contribution < -0.4 is 5.32 Å². The van der Waals surface area contributed by atoms with Crippen molar-refractivity contribution < 1.29 is 9.90 Å². The van der Waals surface area contributed by atoms with Crippen LogP contribution in [0.2, 0.25) is 0 Å². The maximum Gasteiger partial charge on any atom is 0.322 e. The van der Waals surface area contributed by atoms with Crippen LogP contribution in [-0.4, -0.2) is 33.6 Å². The lowest BCUT2D eigenvalue weighted by Crippen LogP contribution is -2.42. The van der Waals surface area contributed by atoms with Crippen LogP contribution >= 0.6 is 0 Å². The van der Waals surface area contributed by atoms with Crippen molar-refractivity contribution in [3.8, 4) is 0 Å². The molecule has 1 aromatic heterocycles. The Hall–Kier alpha value is -2.40. The van der Waals surface area contributed by atoms with Gasteiger partial charge >= 0.3 is 6.03 Å². The molecule has 2 N–H and O–H groups in total. The molecule has 3 rings (SSSR count). The largest absolute Gasteiger partial charge is 0.386 e. The van der Waals surface area contributed by atoms with Gasteiger partial charge in [0.15, 0.2) is 0 Å². The van der Waals surface area contributed by atoms with Crippen molar-refractivity contribution in [2.24, 2.45) is 5.92 Å². The van der Waals surface area contributed by atoms with Crippen LogP contribution in [0.3, 0.4) is 0 Å². The van der Waals surface area contributed by atoms with E-state index in [-0.39, 0.29) is 12.1 Å². The molecule has 26 heavy (non-hydrogen) atoms. The van der Waals surface area contributed by atoms with E-state index in [0.29, 0.717) is 12.5 Å². The van der Waals surface area contributed by atoms with Crippen molar-refractivity contribution >= 4 is 11.7 Å². The average Bonchev–Trinajstić information content (AvgIpc) is 3.13. The number of amides is 2. The molecule has 5 nitrogen and oxygen atoms in total. The molecule has 1 aliphatic rings. The zero-order valence-electron chi connectivity index (χ0n) is 15.4. The highest BCUT2D eigenvalue weighted by molar-refractivity contribution is 5.90. The second-order valence-corrected chi connectivity index (χ2v) is 7.28. The van der Waals surface area contributed by atoms with Crippen molar-refractivity contribution in [2.75, 3.05) is 11.9 Å². The Morgan fingerprint density at radius 1 is 1.27 bits per heavy atom. The number of nitrogens with one attached hydrogen (secondary N) is 1. The maximum atomic E-state index is 12.9. The summed E-state index contributed by atoms with van der Waals surface area (Å²) in [6.45, 7) is 4.92. The van der Waals surface area contributed by atoms with E-state index in [4.69, 9.17) is 0 Å². The molecular formula is C21H27N3O2. The molecule has 0 aliphatic carbocycles. The number of urea groups is 1. The molecule has 1 saturated heterocycles. The first-order chi connectivity index (χ1) is 12.6.